The lowest BCUT2D eigenvalue weighted by Gasteiger charge is -1.95. The molecule has 0 saturated carbocycles. The van der Waals surface area contributed by atoms with E-state index in [1.165, 1.54) is 0 Å². The highest BCUT2D eigenvalue weighted by Gasteiger charge is 1.94. The predicted molar refractivity (Wildman–Crippen MR) is 33.6 cm³/mol. The van der Waals surface area contributed by atoms with Crippen molar-refractivity contribution < 1.29 is 4.65 Å². The first-order valence-corrected chi connectivity index (χ1v) is 2.47. The number of rotatable bonds is 3. The molecule has 0 aliphatic heterocycles. The minimum atomic E-state index is 0.597. The quantitative estimate of drug-likeness (QED) is 0.469. The summed E-state index contributed by atoms with van der Waals surface area (Å²) in [5.41, 5.74) is 0. The number of hydrogen-bond donors (Lipinski definition) is 0. The average Bonchev–Trinajstić information content (AvgIpc) is 1.61. The van der Waals surface area contributed by atoms with Gasteiger partial charge in [-0.1, -0.05) is 19.7 Å². The highest BCUT2D eigenvalue weighted by Crippen LogP contribution is 1.93. The summed E-state index contributed by atoms with van der Waals surface area (Å²) in [6.07, 6.45) is 0. The van der Waals surface area contributed by atoms with E-state index in [-0.39, 0.29) is 0 Å². The van der Waals surface area contributed by atoms with Gasteiger partial charge in [-0.05, 0) is 0 Å². The van der Waals surface area contributed by atoms with Crippen molar-refractivity contribution in [2.24, 2.45) is 0 Å². The summed E-state index contributed by atoms with van der Waals surface area (Å²) in [5.74, 6) is 0.597. The zero-order valence-corrected chi connectivity index (χ0v) is 5.14. The summed E-state index contributed by atoms with van der Waals surface area (Å²) in [6, 6.07) is 0. The van der Waals surface area contributed by atoms with Gasteiger partial charge in [-0.2, -0.15) is 0 Å². The topological polar surface area (TPSA) is 9.23 Å². The van der Waals surface area contributed by atoms with Gasteiger partial charge in [0.15, 0.2) is 0 Å². The van der Waals surface area contributed by atoms with Crippen molar-refractivity contribution in [1.29, 1.82) is 0 Å². The van der Waals surface area contributed by atoms with Gasteiger partial charge in [0.25, 0.3) is 0 Å². The zero-order valence-electron chi connectivity index (χ0n) is 5.14. The molecule has 1 nitrogen and oxygen atoms in total. The molecule has 0 aromatic carbocycles. The summed E-state index contributed by atoms with van der Waals surface area (Å²) in [6.45, 7) is 4.21. The van der Waals surface area contributed by atoms with Crippen LogP contribution < -0.4 is 0 Å². The van der Waals surface area contributed by atoms with Crippen LogP contribution in [0.3, 0.4) is 0 Å². The van der Waals surface area contributed by atoms with E-state index in [9.17, 15) is 0 Å². The Morgan fingerprint density at radius 2 is 2.00 bits per heavy atom. The van der Waals surface area contributed by atoms with Crippen LogP contribution in [0, 0.1) is 0 Å². The molecule has 0 N–H and O–H groups in total. The van der Waals surface area contributed by atoms with E-state index in [1.807, 2.05) is 7.17 Å². The molecule has 0 aromatic heterocycles. The Kier molecular flexibility index (Phi) is 4.31. The second-order valence-electron chi connectivity index (χ2n) is 1.81. The summed E-state index contributed by atoms with van der Waals surface area (Å²) in [7, 11) is 5.35. The molecule has 0 rings (SSSR count). The molecule has 3 heteroatoms. The summed E-state index contributed by atoms with van der Waals surface area (Å²) < 4.78 is 4.67. The predicted octanol–water partition coefficient (Wildman–Crippen LogP) is 0.699. The summed E-state index contributed by atoms with van der Waals surface area (Å²) >= 11 is 0. The monoisotopic (exact) mass is 96.1 g/mol. The van der Waals surface area contributed by atoms with Crippen LogP contribution in [0.5, 0.6) is 0 Å². The highest BCUT2D eigenvalue weighted by atomic mass is 16.4. The van der Waals surface area contributed by atoms with Crippen LogP contribution in [0.4, 0.5) is 0 Å². The van der Waals surface area contributed by atoms with Crippen LogP contribution in [0.15, 0.2) is 0 Å². The fourth-order valence-electron chi connectivity index (χ4n) is 0.236. The number of hydrogen-bond acceptors (Lipinski definition) is 1. The van der Waals surface area contributed by atoms with Gasteiger partial charge in [-0.15, -0.1) is 0 Å². The Hall–Kier alpha value is 0.0899. The van der Waals surface area contributed by atoms with Gasteiger partial charge in [0.2, 0.25) is 7.37 Å². The minimum Gasteiger partial charge on any atom is -0.454 e. The normalized spacial score (nSPS) is 9.14. The van der Waals surface area contributed by atoms with Crippen molar-refractivity contribution in [2.75, 3.05) is 7.11 Å². The SMILES string of the molecule is CO[B][B]C(C)C. The van der Waals surface area contributed by atoms with Crippen molar-refractivity contribution in [3.63, 3.8) is 0 Å². The maximum absolute atomic E-state index is 4.67. The molecule has 0 bridgehead atoms. The standard InChI is InChI=1S/C4H10B2O/c1-4(2)5-6-7-3/h4H,1-3H3. The molecule has 7 heavy (non-hydrogen) atoms. The third-order valence-electron chi connectivity index (χ3n) is 0.600. The molecule has 0 heterocycles. The van der Waals surface area contributed by atoms with Gasteiger partial charge < -0.3 is 4.65 Å². The van der Waals surface area contributed by atoms with Gasteiger partial charge in [0.05, 0.1) is 0 Å². The zero-order chi connectivity index (χ0) is 5.70. The van der Waals surface area contributed by atoms with Gasteiger partial charge >= 0.3 is 0 Å². The first kappa shape index (κ1) is 7.09. The lowest BCUT2D eigenvalue weighted by molar-refractivity contribution is 0.453. The van der Waals surface area contributed by atoms with Crippen LogP contribution in [-0.4, -0.2) is 21.7 Å². The molecule has 0 amide bonds. The molecular formula is C4H10B2O. The van der Waals surface area contributed by atoms with Crippen molar-refractivity contribution in [3.05, 3.63) is 0 Å². The molecule has 0 aliphatic carbocycles. The van der Waals surface area contributed by atoms with Crippen molar-refractivity contribution >= 4 is 14.5 Å². The first-order chi connectivity index (χ1) is 3.27. The lowest BCUT2D eigenvalue weighted by atomic mass is 9.43. The van der Waals surface area contributed by atoms with E-state index in [2.05, 4.69) is 18.5 Å². The van der Waals surface area contributed by atoms with E-state index in [4.69, 9.17) is 0 Å². The molecule has 0 spiro atoms. The van der Waals surface area contributed by atoms with Crippen LogP contribution in [-0.2, 0) is 4.65 Å². The Labute approximate surface area is 46.9 Å². The van der Waals surface area contributed by atoms with Crippen LogP contribution in [0.1, 0.15) is 13.8 Å². The van der Waals surface area contributed by atoms with E-state index < -0.39 is 0 Å². The van der Waals surface area contributed by atoms with Crippen LogP contribution in [0.25, 0.3) is 0 Å². The smallest absolute Gasteiger partial charge is 0.240 e. The average molecular weight is 95.7 g/mol. The van der Waals surface area contributed by atoms with Gasteiger partial charge in [-0.25, -0.2) is 0 Å². The third kappa shape index (κ3) is 6.09. The Morgan fingerprint density at radius 1 is 1.43 bits per heavy atom. The molecule has 2 radical (unpaired) electrons. The van der Waals surface area contributed by atoms with Gasteiger partial charge in [0.1, 0.15) is 7.17 Å². The fraction of sp³-hybridized carbons (Fsp3) is 1.00. The van der Waals surface area contributed by atoms with Crippen molar-refractivity contribution in [1.82, 2.24) is 0 Å². The second-order valence-corrected chi connectivity index (χ2v) is 1.81. The van der Waals surface area contributed by atoms with E-state index >= 15 is 0 Å². The van der Waals surface area contributed by atoms with Crippen LogP contribution >= 0.6 is 0 Å². The van der Waals surface area contributed by atoms with Crippen molar-refractivity contribution in [3.8, 4) is 0 Å². The first-order valence-electron chi connectivity index (χ1n) is 2.47. The minimum absolute atomic E-state index is 0.597. The van der Waals surface area contributed by atoms with E-state index in [0.717, 1.165) is 0 Å². The Bertz CT molecular complexity index is 38.7. The lowest BCUT2D eigenvalue weighted by Crippen LogP contribution is -2.08. The maximum atomic E-state index is 4.67. The molecular weight excluding hydrogens is 85.7 g/mol. The molecule has 0 saturated heterocycles. The third-order valence-corrected chi connectivity index (χ3v) is 0.600. The molecule has 0 atom stereocenters. The van der Waals surface area contributed by atoms with Crippen LogP contribution in [0.2, 0.25) is 5.82 Å². The Morgan fingerprint density at radius 3 is 2.14 bits per heavy atom. The largest absolute Gasteiger partial charge is 0.454 e. The fourth-order valence-corrected chi connectivity index (χ4v) is 0.236. The Balaban J connectivity index is 2.68. The second kappa shape index (κ2) is 4.25. The molecule has 0 aliphatic rings. The van der Waals surface area contributed by atoms with Gasteiger partial charge in [-0.3, -0.25) is 0 Å². The molecule has 0 unspecified atom stereocenters. The van der Waals surface area contributed by atoms with E-state index in [0.29, 0.717) is 5.82 Å². The molecule has 0 fully saturated rings. The summed E-state index contributed by atoms with van der Waals surface area (Å²) in [5, 5.41) is 0. The van der Waals surface area contributed by atoms with E-state index in [1.54, 1.807) is 14.5 Å². The molecule has 0 aromatic rings. The van der Waals surface area contributed by atoms with Crippen molar-refractivity contribution in [2.45, 2.75) is 19.7 Å². The maximum Gasteiger partial charge on any atom is 0.240 e. The molecule has 38 valence electrons. The highest BCUT2D eigenvalue weighted by molar-refractivity contribution is 6.97. The van der Waals surface area contributed by atoms with Gasteiger partial charge in [0, 0.05) is 7.11 Å². The summed E-state index contributed by atoms with van der Waals surface area (Å²) in [4.78, 5) is 0.